The van der Waals surface area contributed by atoms with Gasteiger partial charge in [-0.05, 0) is 25.3 Å². The van der Waals surface area contributed by atoms with E-state index in [9.17, 15) is 0 Å². The molecule has 3 rings (SSSR count). The van der Waals surface area contributed by atoms with E-state index in [1.54, 1.807) is 0 Å². The predicted octanol–water partition coefficient (Wildman–Crippen LogP) is 4.22. The van der Waals surface area contributed by atoms with Gasteiger partial charge in [0.2, 0.25) is 0 Å². The van der Waals surface area contributed by atoms with Gasteiger partial charge in [-0.1, -0.05) is 60.2 Å². The van der Waals surface area contributed by atoms with E-state index in [2.05, 4.69) is 43.3 Å². The lowest BCUT2D eigenvalue weighted by Gasteiger charge is -2.28. The molecule has 0 amide bonds. The van der Waals surface area contributed by atoms with Crippen molar-refractivity contribution in [1.29, 1.82) is 0 Å². The molecule has 21 heavy (non-hydrogen) atoms. The van der Waals surface area contributed by atoms with Crippen LogP contribution in [0.25, 0.3) is 0 Å². The van der Waals surface area contributed by atoms with Gasteiger partial charge in [-0.2, -0.15) is 0 Å². The SMILES string of the molecule is Cc1ccc(CCCC2(c3ccccc3)OCCO2)cc1. The average Bonchev–Trinajstić information content (AvgIpc) is 3.00. The summed E-state index contributed by atoms with van der Waals surface area (Å²) in [5.41, 5.74) is 3.81. The molecule has 0 radical (unpaired) electrons. The smallest absolute Gasteiger partial charge is 0.194 e. The third kappa shape index (κ3) is 3.34. The summed E-state index contributed by atoms with van der Waals surface area (Å²) in [4.78, 5) is 0. The first-order valence-electron chi connectivity index (χ1n) is 7.67. The lowest BCUT2D eigenvalue weighted by molar-refractivity contribution is -0.171. The van der Waals surface area contributed by atoms with Crippen LogP contribution >= 0.6 is 0 Å². The fourth-order valence-corrected chi connectivity index (χ4v) is 2.88. The normalized spacial score (nSPS) is 17.0. The van der Waals surface area contributed by atoms with Gasteiger partial charge in [-0.15, -0.1) is 0 Å². The maximum Gasteiger partial charge on any atom is 0.194 e. The van der Waals surface area contributed by atoms with Crippen molar-refractivity contribution >= 4 is 0 Å². The highest BCUT2D eigenvalue weighted by Gasteiger charge is 2.37. The van der Waals surface area contributed by atoms with Gasteiger partial charge in [-0.25, -0.2) is 0 Å². The van der Waals surface area contributed by atoms with Crippen LogP contribution in [0, 0.1) is 6.92 Å². The van der Waals surface area contributed by atoms with Gasteiger partial charge < -0.3 is 9.47 Å². The van der Waals surface area contributed by atoms with E-state index >= 15 is 0 Å². The zero-order valence-electron chi connectivity index (χ0n) is 12.5. The van der Waals surface area contributed by atoms with E-state index in [-0.39, 0.29) is 0 Å². The highest BCUT2D eigenvalue weighted by atomic mass is 16.7. The fourth-order valence-electron chi connectivity index (χ4n) is 2.88. The minimum atomic E-state index is -0.536. The van der Waals surface area contributed by atoms with Gasteiger partial charge >= 0.3 is 0 Å². The molecule has 1 heterocycles. The van der Waals surface area contributed by atoms with Crippen molar-refractivity contribution in [3.8, 4) is 0 Å². The summed E-state index contributed by atoms with van der Waals surface area (Å²) in [6, 6.07) is 19.1. The predicted molar refractivity (Wildman–Crippen MR) is 84.1 cm³/mol. The van der Waals surface area contributed by atoms with Crippen LogP contribution in [-0.4, -0.2) is 13.2 Å². The summed E-state index contributed by atoms with van der Waals surface area (Å²) >= 11 is 0. The second-order valence-corrected chi connectivity index (χ2v) is 5.66. The van der Waals surface area contributed by atoms with Crippen molar-refractivity contribution in [3.63, 3.8) is 0 Å². The molecule has 1 aliphatic rings. The number of aryl methyl sites for hydroxylation is 2. The first-order chi connectivity index (χ1) is 10.3. The van der Waals surface area contributed by atoms with E-state index in [1.165, 1.54) is 11.1 Å². The molecule has 0 saturated carbocycles. The molecule has 1 fully saturated rings. The van der Waals surface area contributed by atoms with Crippen LogP contribution < -0.4 is 0 Å². The molecule has 0 spiro atoms. The molecule has 2 aromatic rings. The number of hydrogen-bond donors (Lipinski definition) is 0. The Morgan fingerprint density at radius 3 is 2.24 bits per heavy atom. The van der Waals surface area contributed by atoms with Crippen molar-refractivity contribution in [3.05, 3.63) is 71.3 Å². The van der Waals surface area contributed by atoms with Crippen LogP contribution in [0.2, 0.25) is 0 Å². The Kier molecular flexibility index (Phi) is 4.37. The van der Waals surface area contributed by atoms with Crippen molar-refractivity contribution < 1.29 is 9.47 Å². The lowest BCUT2D eigenvalue weighted by atomic mass is 9.97. The Labute approximate surface area is 126 Å². The van der Waals surface area contributed by atoms with E-state index in [0.29, 0.717) is 13.2 Å². The minimum Gasteiger partial charge on any atom is -0.343 e. The van der Waals surface area contributed by atoms with Gasteiger partial charge in [0.1, 0.15) is 0 Å². The first kappa shape index (κ1) is 14.3. The molecule has 0 bridgehead atoms. The summed E-state index contributed by atoms with van der Waals surface area (Å²) in [5, 5.41) is 0. The van der Waals surface area contributed by atoms with Gasteiger partial charge in [0.15, 0.2) is 5.79 Å². The van der Waals surface area contributed by atoms with Crippen molar-refractivity contribution in [2.45, 2.75) is 32.0 Å². The van der Waals surface area contributed by atoms with Crippen LogP contribution in [0.4, 0.5) is 0 Å². The molecule has 0 aromatic heterocycles. The largest absolute Gasteiger partial charge is 0.343 e. The van der Waals surface area contributed by atoms with Gasteiger partial charge in [0, 0.05) is 12.0 Å². The van der Waals surface area contributed by atoms with Gasteiger partial charge in [0.05, 0.1) is 13.2 Å². The van der Waals surface area contributed by atoms with Gasteiger partial charge in [0.25, 0.3) is 0 Å². The second-order valence-electron chi connectivity index (χ2n) is 5.66. The summed E-state index contributed by atoms with van der Waals surface area (Å²) in [6.07, 6.45) is 3.00. The molecular formula is C19H22O2. The van der Waals surface area contributed by atoms with Crippen LogP contribution in [0.1, 0.15) is 29.5 Å². The van der Waals surface area contributed by atoms with Crippen LogP contribution in [-0.2, 0) is 21.7 Å². The summed E-state index contributed by atoms with van der Waals surface area (Å²) in [7, 11) is 0. The highest BCUT2D eigenvalue weighted by Crippen LogP contribution is 2.36. The Bertz CT molecular complexity index is 554. The molecule has 1 saturated heterocycles. The number of rotatable bonds is 5. The van der Waals surface area contributed by atoms with Crippen LogP contribution in [0.3, 0.4) is 0 Å². The van der Waals surface area contributed by atoms with Crippen LogP contribution in [0.15, 0.2) is 54.6 Å². The van der Waals surface area contributed by atoms with E-state index in [1.807, 2.05) is 18.2 Å². The lowest BCUT2D eigenvalue weighted by Crippen LogP contribution is -2.27. The van der Waals surface area contributed by atoms with Crippen molar-refractivity contribution in [1.82, 2.24) is 0 Å². The minimum absolute atomic E-state index is 0.536. The molecule has 0 atom stereocenters. The monoisotopic (exact) mass is 282 g/mol. The zero-order chi connectivity index (χ0) is 14.5. The Hall–Kier alpha value is -1.64. The Balaban J connectivity index is 1.65. The molecular weight excluding hydrogens is 260 g/mol. The van der Waals surface area contributed by atoms with E-state index in [4.69, 9.17) is 9.47 Å². The molecule has 0 N–H and O–H groups in total. The average molecular weight is 282 g/mol. The molecule has 2 aromatic carbocycles. The third-order valence-corrected chi connectivity index (χ3v) is 4.06. The summed E-state index contributed by atoms with van der Waals surface area (Å²) in [6.45, 7) is 3.48. The fraction of sp³-hybridized carbons (Fsp3) is 0.368. The quantitative estimate of drug-likeness (QED) is 0.817. The molecule has 1 aliphatic heterocycles. The molecule has 2 heteroatoms. The standard InChI is InChI=1S/C19H22O2/c1-16-9-11-17(12-10-16)6-5-13-19(20-14-15-21-19)18-7-3-2-4-8-18/h2-4,7-12H,5-6,13-15H2,1H3. The maximum absolute atomic E-state index is 5.96. The maximum atomic E-state index is 5.96. The number of hydrogen-bond acceptors (Lipinski definition) is 2. The highest BCUT2D eigenvalue weighted by molar-refractivity contribution is 5.23. The van der Waals surface area contributed by atoms with Gasteiger partial charge in [-0.3, -0.25) is 0 Å². The molecule has 0 aliphatic carbocycles. The van der Waals surface area contributed by atoms with Crippen molar-refractivity contribution in [2.24, 2.45) is 0 Å². The second kappa shape index (κ2) is 6.42. The third-order valence-electron chi connectivity index (χ3n) is 4.06. The molecule has 0 unspecified atom stereocenters. The van der Waals surface area contributed by atoms with Crippen LogP contribution in [0.5, 0.6) is 0 Å². The number of ether oxygens (including phenoxy) is 2. The molecule has 110 valence electrons. The summed E-state index contributed by atoms with van der Waals surface area (Å²) in [5.74, 6) is -0.536. The molecule has 2 nitrogen and oxygen atoms in total. The summed E-state index contributed by atoms with van der Waals surface area (Å²) < 4.78 is 11.9. The van der Waals surface area contributed by atoms with E-state index in [0.717, 1.165) is 24.8 Å². The topological polar surface area (TPSA) is 18.5 Å². The Morgan fingerprint density at radius 1 is 0.905 bits per heavy atom. The first-order valence-corrected chi connectivity index (χ1v) is 7.67. The Morgan fingerprint density at radius 2 is 1.57 bits per heavy atom. The zero-order valence-corrected chi connectivity index (χ0v) is 12.5. The number of benzene rings is 2. The van der Waals surface area contributed by atoms with Crippen molar-refractivity contribution in [2.75, 3.05) is 13.2 Å². The van der Waals surface area contributed by atoms with E-state index < -0.39 is 5.79 Å².